The second kappa shape index (κ2) is 10.4. The number of anilines is 2. The Hall–Kier alpha value is -3.52. The van der Waals surface area contributed by atoms with Gasteiger partial charge >= 0.3 is 6.09 Å². The molecule has 0 radical (unpaired) electrons. The van der Waals surface area contributed by atoms with E-state index in [1.54, 1.807) is 57.3 Å². The Bertz CT molecular complexity index is 1120. The molecule has 0 saturated heterocycles. The quantitative estimate of drug-likeness (QED) is 0.443. The summed E-state index contributed by atoms with van der Waals surface area (Å²) in [6, 6.07) is 12.2. The van der Waals surface area contributed by atoms with Crippen molar-refractivity contribution < 1.29 is 23.5 Å². The molecule has 174 valence electrons. The number of aromatic nitrogens is 1. The number of oxazole rings is 1. The van der Waals surface area contributed by atoms with Crippen molar-refractivity contribution in [1.29, 1.82) is 0 Å². The third-order valence-electron chi connectivity index (χ3n) is 4.37. The smallest absolute Gasteiger partial charge is 0.412 e. The summed E-state index contributed by atoms with van der Waals surface area (Å²) < 4.78 is 16.3. The fraction of sp³-hybridized carbons (Fsp3) is 0.292. The molecule has 2 amide bonds. The SMILES string of the molecule is COc1ccc(NC(=O)CCc2ncc(-c3ccc(Cl)cc3)o2)cc1NC(=O)OC(C)(C)C. The number of carbonyl (C=O) groups is 2. The molecule has 0 aliphatic heterocycles. The van der Waals surface area contributed by atoms with Crippen LogP contribution in [-0.4, -0.2) is 29.7 Å². The van der Waals surface area contributed by atoms with Crippen LogP contribution in [0.15, 0.2) is 53.1 Å². The van der Waals surface area contributed by atoms with E-state index in [0.29, 0.717) is 40.2 Å². The standard InChI is InChI=1S/C24H26ClN3O5/c1-24(2,3)33-23(30)28-18-13-17(9-10-19(18)31-4)27-21(29)11-12-22-26-14-20(32-22)15-5-7-16(25)8-6-15/h5-10,13-14H,11-12H2,1-4H3,(H,27,29)(H,28,30). The van der Waals surface area contributed by atoms with Crippen LogP contribution in [0.5, 0.6) is 5.75 Å². The minimum absolute atomic E-state index is 0.168. The first-order chi connectivity index (χ1) is 15.6. The Morgan fingerprint density at radius 2 is 1.82 bits per heavy atom. The minimum atomic E-state index is -0.642. The van der Waals surface area contributed by atoms with Crippen LogP contribution in [0, 0.1) is 0 Å². The van der Waals surface area contributed by atoms with E-state index in [2.05, 4.69) is 15.6 Å². The highest BCUT2D eigenvalue weighted by atomic mass is 35.5. The normalized spacial score (nSPS) is 11.1. The summed E-state index contributed by atoms with van der Waals surface area (Å²) in [7, 11) is 1.49. The van der Waals surface area contributed by atoms with Crippen molar-refractivity contribution in [1.82, 2.24) is 4.98 Å². The van der Waals surface area contributed by atoms with Crippen LogP contribution in [-0.2, 0) is 16.0 Å². The summed E-state index contributed by atoms with van der Waals surface area (Å²) in [4.78, 5) is 28.8. The van der Waals surface area contributed by atoms with Crippen molar-refractivity contribution in [2.45, 2.75) is 39.2 Å². The number of hydrogen-bond acceptors (Lipinski definition) is 6. The molecule has 3 aromatic rings. The van der Waals surface area contributed by atoms with Crippen LogP contribution in [0.25, 0.3) is 11.3 Å². The second-order valence-corrected chi connectivity index (χ2v) is 8.65. The first-order valence-corrected chi connectivity index (χ1v) is 10.7. The number of rotatable bonds is 7. The molecule has 1 aromatic heterocycles. The van der Waals surface area contributed by atoms with E-state index in [4.69, 9.17) is 25.5 Å². The van der Waals surface area contributed by atoms with Crippen molar-refractivity contribution in [3.05, 3.63) is 59.6 Å². The third kappa shape index (κ3) is 7.25. The van der Waals surface area contributed by atoms with Gasteiger partial charge in [0.1, 0.15) is 11.4 Å². The van der Waals surface area contributed by atoms with E-state index in [1.165, 1.54) is 7.11 Å². The summed E-state index contributed by atoms with van der Waals surface area (Å²) in [5.74, 6) is 1.27. The fourth-order valence-corrected chi connectivity index (χ4v) is 3.04. The van der Waals surface area contributed by atoms with Gasteiger partial charge in [0.05, 0.1) is 19.0 Å². The molecule has 2 aromatic carbocycles. The van der Waals surface area contributed by atoms with Gasteiger partial charge in [0.2, 0.25) is 5.91 Å². The Morgan fingerprint density at radius 3 is 2.48 bits per heavy atom. The molecule has 1 heterocycles. The molecule has 3 rings (SSSR count). The minimum Gasteiger partial charge on any atom is -0.495 e. The molecule has 0 atom stereocenters. The van der Waals surface area contributed by atoms with Crippen LogP contribution in [0.3, 0.4) is 0 Å². The van der Waals surface area contributed by atoms with Gasteiger partial charge in [0.25, 0.3) is 0 Å². The average molecular weight is 472 g/mol. The molecule has 0 saturated carbocycles. The average Bonchev–Trinajstić information content (AvgIpc) is 3.21. The van der Waals surface area contributed by atoms with Crippen molar-refractivity contribution in [3.8, 4) is 17.1 Å². The van der Waals surface area contributed by atoms with Gasteiger partial charge in [-0.25, -0.2) is 9.78 Å². The Balaban J connectivity index is 1.59. The van der Waals surface area contributed by atoms with Crippen LogP contribution >= 0.6 is 11.6 Å². The summed E-state index contributed by atoms with van der Waals surface area (Å²) in [5, 5.41) is 6.08. The Kier molecular flexibility index (Phi) is 7.60. The number of carbonyl (C=O) groups excluding carboxylic acids is 2. The zero-order valence-corrected chi connectivity index (χ0v) is 19.7. The molecule has 0 bridgehead atoms. The zero-order valence-electron chi connectivity index (χ0n) is 18.9. The van der Waals surface area contributed by atoms with Gasteiger partial charge in [-0.2, -0.15) is 0 Å². The maximum Gasteiger partial charge on any atom is 0.412 e. The number of nitrogens with one attached hydrogen (secondary N) is 2. The van der Waals surface area contributed by atoms with E-state index in [0.717, 1.165) is 5.56 Å². The Morgan fingerprint density at radius 1 is 1.09 bits per heavy atom. The maximum atomic E-state index is 12.4. The molecule has 0 unspecified atom stereocenters. The maximum absolute atomic E-state index is 12.4. The van der Waals surface area contributed by atoms with Gasteiger partial charge in [-0.3, -0.25) is 10.1 Å². The van der Waals surface area contributed by atoms with E-state index >= 15 is 0 Å². The predicted molar refractivity (Wildman–Crippen MR) is 127 cm³/mol. The van der Waals surface area contributed by atoms with Crippen molar-refractivity contribution >= 4 is 35.0 Å². The monoisotopic (exact) mass is 471 g/mol. The highest BCUT2D eigenvalue weighted by Gasteiger charge is 2.18. The molecule has 0 fully saturated rings. The van der Waals surface area contributed by atoms with Gasteiger partial charge in [0, 0.05) is 29.1 Å². The molecule has 33 heavy (non-hydrogen) atoms. The molecular formula is C24H26ClN3O5. The van der Waals surface area contributed by atoms with Gasteiger partial charge in [-0.15, -0.1) is 0 Å². The summed E-state index contributed by atoms with van der Waals surface area (Å²) in [6.07, 6.45) is 1.50. The molecule has 8 nitrogen and oxygen atoms in total. The number of nitrogens with zero attached hydrogens (tertiary/aromatic N) is 1. The number of hydrogen-bond donors (Lipinski definition) is 2. The highest BCUT2D eigenvalue weighted by molar-refractivity contribution is 6.30. The van der Waals surface area contributed by atoms with Crippen LogP contribution < -0.4 is 15.4 Å². The highest BCUT2D eigenvalue weighted by Crippen LogP contribution is 2.29. The first-order valence-electron chi connectivity index (χ1n) is 10.3. The summed E-state index contributed by atoms with van der Waals surface area (Å²) in [5.41, 5.74) is 1.09. The molecule has 0 aliphatic rings. The molecule has 0 aliphatic carbocycles. The van der Waals surface area contributed by atoms with Crippen LogP contribution in [0.1, 0.15) is 33.1 Å². The largest absolute Gasteiger partial charge is 0.495 e. The second-order valence-electron chi connectivity index (χ2n) is 8.22. The van der Waals surface area contributed by atoms with Crippen LogP contribution in [0.4, 0.5) is 16.2 Å². The molecule has 2 N–H and O–H groups in total. The number of benzene rings is 2. The van der Waals surface area contributed by atoms with E-state index in [-0.39, 0.29) is 12.3 Å². The van der Waals surface area contributed by atoms with E-state index in [1.807, 2.05) is 12.1 Å². The third-order valence-corrected chi connectivity index (χ3v) is 4.62. The topological polar surface area (TPSA) is 103 Å². The molecule has 9 heteroatoms. The number of amides is 2. The molecule has 0 spiro atoms. The van der Waals surface area contributed by atoms with Gasteiger partial charge in [-0.05, 0) is 63.2 Å². The predicted octanol–water partition coefficient (Wildman–Crippen LogP) is 5.92. The summed E-state index contributed by atoms with van der Waals surface area (Å²) >= 11 is 5.91. The van der Waals surface area contributed by atoms with Gasteiger partial charge in [0.15, 0.2) is 11.7 Å². The molecular weight excluding hydrogens is 446 g/mol. The van der Waals surface area contributed by atoms with Crippen molar-refractivity contribution in [2.24, 2.45) is 0 Å². The van der Waals surface area contributed by atoms with Crippen molar-refractivity contribution in [3.63, 3.8) is 0 Å². The lowest BCUT2D eigenvalue weighted by Gasteiger charge is -2.20. The lowest BCUT2D eigenvalue weighted by atomic mass is 10.2. The van der Waals surface area contributed by atoms with E-state index in [9.17, 15) is 9.59 Å². The van der Waals surface area contributed by atoms with E-state index < -0.39 is 11.7 Å². The lowest BCUT2D eigenvalue weighted by Crippen LogP contribution is -2.27. The number of ether oxygens (including phenoxy) is 2. The van der Waals surface area contributed by atoms with Crippen molar-refractivity contribution in [2.75, 3.05) is 17.7 Å². The van der Waals surface area contributed by atoms with Gasteiger partial charge < -0.3 is 19.2 Å². The Labute approximate surface area is 197 Å². The van der Waals surface area contributed by atoms with Crippen LogP contribution in [0.2, 0.25) is 5.02 Å². The number of aryl methyl sites for hydroxylation is 1. The van der Waals surface area contributed by atoms with Gasteiger partial charge in [-0.1, -0.05) is 11.6 Å². The zero-order chi connectivity index (χ0) is 24.0. The lowest BCUT2D eigenvalue weighted by molar-refractivity contribution is -0.116. The fourth-order valence-electron chi connectivity index (χ4n) is 2.91. The first kappa shape index (κ1) is 24.1. The number of halogens is 1. The number of methoxy groups -OCH3 is 1. The summed E-state index contributed by atoms with van der Waals surface area (Å²) in [6.45, 7) is 5.31.